The van der Waals surface area contributed by atoms with Gasteiger partial charge < -0.3 is 18.9 Å². The number of carbonyl (C=O) groups excluding carboxylic acids is 2. The summed E-state index contributed by atoms with van der Waals surface area (Å²) >= 11 is 1.13. The maximum absolute atomic E-state index is 13.4. The Balaban J connectivity index is 1.39. The fourth-order valence-electron chi connectivity index (χ4n) is 3.69. The molecule has 0 saturated carbocycles. The Morgan fingerprint density at radius 2 is 1.89 bits per heavy atom. The number of nitrogens with zero attached hydrogens (tertiary/aromatic N) is 2. The third-order valence-corrected chi connectivity index (χ3v) is 6.33. The van der Waals surface area contributed by atoms with Crippen LogP contribution in [0.5, 0.6) is 0 Å². The molecule has 10 heteroatoms. The second-order valence-corrected chi connectivity index (χ2v) is 8.72. The molecule has 0 aliphatic carbocycles. The van der Waals surface area contributed by atoms with Crippen LogP contribution in [0.3, 0.4) is 0 Å². The highest BCUT2D eigenvalue weighted by Crippen LogP contribution is 2.27. The zero-order chi connectivity index (χ0) is 25.1. The number of hydrogen-bond acceptors (Lipinski definition) is 8. The van der Waals surface area contributed by atoms with Gasteiger partial charge in [-0.15, -0.1) is 0 Å². The monoisotopic (exact) mass is 503 g/mol. The van der Waals surface area contributed by atoms with Gasteiger partial charge in [-0.05, 0) is 55.5 Å². The molecule has 1 N–H and O–H groups in total. The molecule has 0 aliphatic heterocycles. The summed E-state index contributed by atoms with van der Waals surface area (Å²) in [7, 11) is 0. The van der Waals surface area contributed by atoms with Crippen LogP contribution in [0.15, 0.2) is 85.7 Å². The van der Waals surface area contributed by atoms with Gasteiger partial charge in [0.15, 0.2) is 5.16 Å². The first kappa shape index (κ1) is 23.4. The van der Waals surface area contributed by atoms with Gasteiger partial charge in [0.25, 0.3) is 5.56 Å². The van der Waals surface area contributed by atoms with Crippen molar-refractivity contribution in [2.75, 3.05) is 17.7 Å². The van der Waals surface area contributed by atoms with Crippen molar-refractivity contribution in [2.45, 2.75) is 18.6 Å². The second kappa shape index (κ2) is 10.1. The predicted molar refractivity (Wildman–Crippen MR) is 135 cm³/mol. The highest BCUT2D eigenvalue weighted by molar-refractivity contribution is 7.99. The van der Waals surface area contributed by atoms with E-state index in [4.69, 9.17) is 18.6 Å². The molecule has 3 heterocycles. The minimum Gasteiger partial charge on any atom is -0.467 e. The summed E-state index contributed by atoms with van der Waals surface area (Å²) in [5.41, 5.74) is 1.74. The first-order valence-electron chi connectivity index (χ1n) is 11.2. The van der Waals surface area contributed by atoms with Crippen LogP contribution in [0.4, 0.5) is 5.69 Å². The topological polar surface area (TPSA) is 117 Å². The molecule has 36 heavy (non-hydrogen) atoms. The first-order chi connectivity index (χ1) is 17.5. The fourth-order valence-corrected chi connectivity index (χ4v) is 4.48. The van der Waals surface area contributed by atoms with E-state index in [1.807, 2.05) is 18.2 Å². The Morgan fingerprint density at radius 3 is 2.64 bits per heavy atom. The molecular weight excluding hydrogens is 482 g/mol. The summed E-state index contributed by atoms with van der Waals surface area (Å²) in [6, 6.07) is 17.2. The maximum atomic E-state index is 13.4. The average Bonchev–Trinajstić information content (AvgIpc) is 3.53. The number of rotatable bonds is 8. The maximum Gasteiger partial charge on any atom is 0.338 e. The number of para-hydroxylation sites is 1. The first-order valence-corrected chi connectivity index (χ1v) is 12.2. The van der Waals surface area contributed by atoms with E-state index in [0.29, 0.717) is 33.3 Å². The molecule has 9 nitrogen and oxygen atoms in total. The molecule has 0 atom stereocenters. The minimum absolute atomic E-state index is 0.00547. The van der Waals surface area contributed by atoms with E-state index < -0.39 is 5.97 Å². The minimum atomic E-state index is -0.423. The number of furan rings is 2. The number of benzene rings is 2. The van der Waals surface area contributed by atoms with Crippen molar-refractivity contribution in [3.05, 3.63) is 88.6 Å². The summed E-state index contributed by atoms with van der Waals surface area (Å²) < 4.78 is 17.6. The average molecular weight is 504 g/mol. The number of esters is 1. The van der Waals surface area contributed by atoms with Gasteiger partial charge in [-0.2, -0.15) is 0 Å². The summed E-state index contributed by atoms with van der Waals surface area (Å²) in [4.78, 5) is 42.5. The third kappa shape index (κ3) is 4.76. The lowest BCUT2D eigenvalue weighted by molar-refractivity contribution is -0.113. The smallest absolute Gasteiger partial charge is 0.338 e. The Kier molecular flexibility index (Phi) is 6.59. The molecule has 1 amide bonds. The molecule has 0 radical (unpaired) electrons. The van der Waals surface area contributed by atoms with E-state index in [0.717, 1.165) is 17.1 Å². The molecule has 182 valence electrons. The lowest BCUT2D eigenvalue weighted by Crippen LogP contribution is -2.24. The van der Waals surface area contributed by atoms with E-state index in [1.54, 1.807) is 49.4 Å². The number of thioether (sulfide) groups is 1. The molecule has 0 saturated heterocycles. The van der Waals surface area contributed by atoms with Crippen molar-refractivity contribution in [1.82, 2.24) is 9.55 Å². The van der Waals surface area contributed by atoms with Crippen LogP contribution in [-0.2, 0) is 16.1 Å². The van der Waals surface area contributed by atoms with E-state index in [-0.39, 0.29) is 36.0 Å². The van der Waals surface area contributed by atoms with Crippen molar-refractivity contribution in [2.24, 2.45) is 0 Å². The van der Waals surface area contributed by atoms with Gasteiger partial charge in [-0.1, -0.05) is 23.9 Å². The van der Waals surface area contributed by atoms with E-state index in [9.17, 15) is 14.4 Å². The number of anilines is 1. The van der Waals surface area contributed by atoms with Gasteiger partial charge in [0.05, 0.1) is 30.7 Å². The zero-order valence-electron chi connectivity index (χ0n) is 19.2. The van der Waals surface area contributed by atoms with Gasteiger partial charge >= 0.3 is 5.97 Å². The van der Waals surface area contributed by atoms with Crippen molar-refractivity contribution in [1.29, 1.82) is 0 Å². The number of hydrogen-bond donors (Lipinski definition) is 1. The molecule has 0 bridgehead atoms. The highest BCUT2D eigenvalue weighted by Gasteiger charge is 2.19. The van der Waals surface area contributed by atoms with Gasteiger partial charge in [0.1, 0.15) is 16.9 Å². The van der Waals surface area contributed by atoms with Gasteiger partial charge in [-0.3, -0.25) is 14.2 Å². The summed E-state index contributed by atoms with van der Waals surface area (Å²) in [5.74, 6) is -0.137. The highest BCUT2D eigenvalue weighted by atomic mass is 32.2. The fraction of sp³-hybridized carbons (Fsp3) is 0.154. The van der Waals surface area contributed by atoms with E-state index >= 15 is 0 Å². The summed E-state index contributed by atoms with van der Waals surface area (Å²) in [5, 5.41) is 3.88. The van der Waals surface area contributed by atoms with Crippen LogP contribution in [0.1, 0.15) is 23.0 Å². The number of amides is 1. The lowest BCUT2D eigenvalue weighted by atomic mass is 10.2. The summed E-state index contributed by atoms with van der Waals surface area (Å²) in [6.07, 6.45) is 1.53. The van der Waals surface area contributed by atoms with Gasteiger partial charge in [0, 0.05) is 11.1 Å². The van der Waals surface area contributed by atoms with Crippen LogP contribution < -0.4 is 10.9 Å². The van der Waals surface area contributed by atoms with Gasteiger partial charge in [-0.25, -0.2) is 9.78 Å². The molecule has 5 aromatic rings. The van der Waals surface area contributed by atoms with E-state index in [2.05, 4.69) is 5.32 Å². The van der Waals surface area contributed by atoms with Crippen LogP contribution >= 0.6 is 11.8 Å². The van der Waals surface area contributed by atoms with Crippen LogP contribution in [0.2, 0.25) is 0 Å². The molecule has 2 aromatic carbocycles. The number of aromatic nitrogens is 2. The zero-order valence-corrected chi connectivity index (χ0v) is 20.0. The Bertz CT molecular complexity index is 1600. The molecule has 0 fully saturated rings. The normalized spacial score (nSPS) is 11.1. The molecular formula is C26H21N3O6S. The molecule has 0 spiro atoms. The molecule has 5 rings (SSSR count). The Labute approximate surface area is 209 Å². The van der Waals surface area contributed by atoms with Gasteiger partial charge in [0.2, 0.25) is 11.5 Å². The number of ether oxygens (including phenoxy) is 1. The van der Waals surface area contributed by atoms with Crippen molar-refractivity contribution in [3.63, 3.8) is 0 Å². The molecule has 0 aliphatic rings. The molecule has 0 unspecified atom stereocenters. The number of fused-ring (bicyclic) bond motifs is 3. The van der Waals surface area contributed by atoms with E-state index in [1.165, 1.54) is 10.8 Å². The number of carbonyl (C=O) groups is 2. The largest absolute Gasteiger partial charge is 0.467 e. The predicted octanol–water partition coefficient (Wildman–Crippen LogP) is 4.69. The van der Waals surface area contributed by atoms with Crippen molar-refractivity contribution < 1.29 is 23.2 Å². The molecule has 3 aromatic heterocycles. The van der Waals surface area contributed by atoms with Crippen LogP contribution in [0.25, 0.3) is 22.1 Å². The van der Waals surface area contributed by atoms with Crippen LogP contribution in [-0.4, -0.2) is 33.8 Å². The SMILES string of the molecule is CCOC(=O)c1ccc(NC(=O)CSc2nc3c(oc4ccccc43)c(=O)n2Cc2ccco2)cc1. The Hall–Kier alpha value is -4.31. The second-order valence-electron chi connectivity index (χ2n) is 7.78. The van der Waals surface area contributed by atoms with Crippen molar-refractivity contribution in [3.8, 4) is 0 Å². The lowest BCUT2D eigenvalue weighted by Gasteiger charge is -2.11. The van der Waals surface area contributed by atoms with Crippen LogP contribution in [0, 0.1) is 0 Å². The van der Waals surface area contributed by atoms with Crippen molar-refractivity contribution >= 4 is 51.4 Å². The summed E-state index contributed by atoms with van der Waals surface area (Å²) in [6.45, 7) is 2.17. The standard InChI is InChI=1S/C26H21N3O6S/c1-2-33-25(32)16-9-11-17(12-10-16)27-21(30)15-36-26-28-22-19-7-3-4-8-20(19)35-23(22)24(31)29(26)14-18-6-5-13-34-18/h3-13H,2,14-15H2,1H3,(H,27,30). The quantitative estimate of drug-likeness (QED) is 0.184. The Morgan fingerprint density at radius 1 is 1.08 bits per heavy atom. The number of nitrogens with one attached hydrogen (secondary N) is 1. The third-order valence-electron chi connectivity index (χ3n) is 5.35.